The van der Waals surface area contributed by atoms with Gasteiger partial charge in [-0.3, -0.25) is 14.4 Å². The highest BCUT2D eigenvalue weighted by Crippen LogP contribution is 2.34. The number of carboxylic acid groups (broad SMARTS) is 2. The van der Waals surface area contributed by atoms with Crippen LogP contribution in [0.3, 0.4) is 0 Å². The molecule has 0 radical (unpaired) electrons. The Hall–Kier alpha value is -5.18. The first-order chi connectivity index (χ1) is 20.3. The number of benzene rings is 4. The quantitative estimate of drug-likeness (QED) is 0.160. The summed E-state index contributed by atoms with van der Waals surface area (Å²) in [4.78, 5) is 39.0. The van der Waals surface area contributed by atoms with Crippen LogP contribution in [-0.2, 0) is 22.7 Å². The number of fused-ring (bicyclic) bond motifs is 1. The molecule has 1 heterocycles. The van der Waals surface area contributed by atoms with Gasteiger partial charge in [0.2, 0.25) is 6.79 Å². The highest BCUT2D eigenvalue weighted by molar-refractivity contribution is 5.99. The lowest BCUT2D eigenvalue weighted by Crippen LogP contribution is -2.31. The molecule has 214 valence electrons. The molecule has 0 aliphatic carbocycles. The predicted octanol–water partition coefficient (Wildman–Crippen LogP) is 5.90. The average Bonchev–Trinajstić information content (AvgIpc) is 3.45. The van der Waals surface area contributed by atoms with Crippen LogP contribution in [0.1, 0.15) is 39.4 Å². The molecule has 2 N–H and O–H groups in total. The number of hydrogen-bond donors (Lipinski definition) is 2. The van der Waals surface area contributed by atoms with Gasteiger partial charge in [0.05, 0.1) is 0 Å². The fourth-order valence-electron chi connectivity index (χ4n) is 5.06. The molecule has 0 fully saturated rings. The van der Waals surface area contributed by atoms with Crippen molar-refractivity contribution in [1.29, 1.82) is 0 Å². The van der Waals surface area contributed by atoms with Crippen molar-refractivity contribution in [1.82, 2.24) is 0 Å². The van der Waals surface area contributed by atoms with Crippen LogP contribution in [0.5, 0.6) is 11.5 Å². The maximum atomic E-state index is 13.7. The van der Waals surface area contributed by atoms with Crippen LogP contribution in [0.25, 0.3) is 0 Å². The summed E-state index contributed by atoms with van der Waals surface area (Å²) in [7, 11) is 0. The number of halogens is 1. The zero-order chi connectivity index (χ0) is 29.6. The number of carbonyl (C=O) groups is 3. The molecule has 0 saturated carbocycles. The number of hydrogen-bond acceptors (Lipinski definition) is 6. The van der Waals surface area contributed by atoms with Gasteiger partial charge in [-0.2, -0.15) is 0 Å². The third-order valence-electron chi connectivity index (χ3n) is 7.22. The summed E-state index contributed by atoms with van der Waals surface area (Å²) in [6, 6.07) is 27.1. The molecule has 4 aromatic rings. The largest absolute Gasteiger partial charge is 0.481 e. The second-order valence-electron chi connectivity index (χ2n) is 10.0. The van der Waals surface area contributed by atoms with Crippen LogP contribution in [0.4, 0.5) is 10.1 Å². The molecule has 1 unspecified atom stereocenters. The smallest absolute Gasteiger partial charge is 0.318 e. The lowest BCUT2D eigenvalue weighted by molar-refractivity contribution is -0.155. The number of rotatable bonds is 12. The predicted molar refractivity (Wildman–Crippen MR) is 152 cm³/mol. The van der Waals surface area contributed by atoms with E-state index in [9.17, 15) is 29.0 Å². The summed E-state index contributed by atoms with van der Waals surface area (Å²) in [6.45, 7) is 1.04. The third kappa shape index (κ3) is 6.58. The lowest BCUT2D eigenvalue weighted by atomic mass is 9.81. The molecule has 0 spiro atoms. The van der Waals surface area contributed by atoms with Gasteiger partial charge in [0.25, 0.3) is 0 Å². The number of aliphatic carboxylic acids is 2. The van der Waals surface area contributed by atoms with Crippen molar-refractivity contribution in [2.24, 2.45) is 5.92 Å². The van der Waals surface area contributed by atoms with Crippen LogP contribution < -0.4 is 14.4 Å². The van der Waals surface area contributed by atoms with Crippen LogP contribution in [0.2, 0.25) is 0 Å². The fourth-order valence-corrected chi connectivity index (χ4v) is 5.06. The molecule has 9 heteroatoms. The second-order valence-corrected chi connectivity index (χ2v) is 10.0. The van der Waals surface area contributed by atoms with E-state index in [1.165, 1.54) is 12.1 Å². The second kappa shape index (κ2) is 12.6. The van der Waals surface area contributed by atoms with Crippen molar-refractivity contribution in [3.63, 3.8) is 0 Å². The zero-order valence-corrected chi connectivity index (χ0v) is 22.5. The van der Waals surface area contributed by atoms with Crippen LogP contribution >= 0.6 is 0 Å². The van der Waals surface area contributed by atoms with Gasteiger partial charge < -0.3 is 24.6 Å². The van der Waals surface area contributed by atoms with Gasteiger partial charge in [0.15, 0.2) is 23.2 Å². The summed E-state index contributed by atoms with van der Waals surface area (Å²) in [5.74, 6) is -5.28. The van der Waals surface area contributed by atoms with E-state index in [-0.39, 0.29) is 24.8 Å². The summed E-state index contributed by atoms with van der Waals surface area (Å²) in [6.07, 6.45) is -0.279. The SMILES string of the molecule is O=C(CC(c1ccc(CN(Cc2ccc3c(c2)OCO3)c2ccc(F)cc2)cc1)C(C(=O)O)C(=O)O)c1ccccc1. The fraction of sp³-hybridized carbons (Fsp3) is 0.182. The molecule has 0 aromatic heterocycles. The van der Waals surface area contributed by atoms with Gasteiger partial charge >= 0.3 is 11.9 Å². The topological polar surface area (TPSA) is 113 Å². The Balaban J connectivity index is 1.41. The monoisotopic (exact) mass is 569 g/mol. The summed E-state index contributed by atoms with van der Waals surface area (Å²) in [5.41, 5.74) is 3.39. The highest BCUT2D eigenvalue weighted by atomic mass is 19.1. The standard InChI is InChI=1S/C33H28FNO7/c34-25-11-13-26(14-12-25)35(19-22-8-15-29-30(16-22)42-20-41-29)18-21-6-9-23(10-7-21)27(31(32(37)38)33(39)40)17-28(36)24-4-2-1-3-5-24/h1-16,27,31H,17-20H2,(H,37,38)(H,39,40). The van der Waals surface area contributed by atoms with Crippen LogP contribution in [0, 0.1) is 11.7 Å². The maximum absolute atomic E-state index is 13.7. The molecular weight excluding hydrogens is 541 g/mol. The molecule has 42 heavy (non-hydrogen) atoms. The van der Waals surface area contributed by atoms with E-state index in [0.29, 0.717) is 35.7 Å². The number of ether oxygens (including phenoxy) is 2. The Kier molecular flexibility index (Phi) is 8.47. The van der Waals surface area contributed by atoms with E-state index in [4.69, 9.17) is 9.47 Å². The van der Waals surface area contributed by atoms with Gasteiger partial charge in [-0.1, -0.05) is 60.7 Å². The van der Waals surface area contributed by atoms with E-state index in [1.807, 2.05) is 23.1 Å². The van der Waals surface area contributed by atoms with E-state index in [1.54, 1.807) is 66.7 Å². The summed E-state index contributed by atoms with van der Waals surface area (Å²) < 4.78 is 24.6. The van der Waals surface area contributed by atoms with Gasteiger partial charge in [-0.25, -0.2) is 4.39 Å². The first-order valence-corrected chi connectivity index (χ1v) is 13.3. The van der Waals surface area contributed by atoms with Crippen LogP contribution in [0.15, 0.2) is 97.1 Å². The molecule has 0 bridgehead atoms. The van der Waals surface area contributed by atoms with Crippen LogP contribution in [-0.4, -0.2) is 34.7 Å². The average molecular weight is 570 g/mol. The van der Waals surface area contributed by atoms with Crippen molar-refractivity contribution < 1.29 is 38.5 Å². The molecule has 0 amide bonds. The van der Waals surface area contributed by atoms with Gasteiger partial charge in [-0.15, -0.1) is 0 Å². The Morgan fingerprint density at radius 3 is 2.05 bits per heavy atom. The number of Topliss-reactive ketones (excluding diaryl/α,β-unsaturated/α-hetero) is 1. The number of carboxylic acids is 2. The highest BCUT2D eigenvalue weighted by Gasteiger charge is 2.37. The minimum atomic E-state index is -1.80. The van der Waals surface area contributed by atoms with E-state index >= 15 is 0 Å². The molecule has 4 aromatic carbocycles. The van der Waals surface area contributed by atoms with E-state index in [0.717, 1.165) is 16.8 Å². The first-order valence-electron chi connectivity index (χ1n) is 13.3. The van der Waals surface area contributed by atoms with Gasteiger partial charge in [-0.05, 0) is 53.1 Å². The normalized spacial score (nSPS) is 12.6. The zero-order valence-electron chi connectivity index (χ0n) is 22.5. The number of anilines is 1. The van der Waals surface area contributed by atoms with Gasteiger partial charge in [0, 0.05) is 36.7 Å². The summed E-state index contributed by atoms with van der Waals surface area (Å²) in [5, 5.41) is 19.5. The third-order valence-corrected chi connectivity index (χ3v) is 7.22. The van der Waals surface area contributed by atoms with Crippen molar-refractivity contribution >= 4 is 23.4 Å². The Bertz CT molecular complexity index is 1560. The lowest BCUT2D eigenvalue weighted by Gasteiger charge is -2.26. The minimum Gasteiger partial charge on any atom is -0.481 e. The van der Waals surface area contributed by atoms with Crippen molar-refractivity contribution in [2.75, 3.05) is 11.7 Å². The molecule has 1 aliphatic rings. The molecule has 1 aliphatic heterocycles. The molecular formula is C33H28FNO7. The first kappa shape index (κ1) is 28.4. The Labute approximate surface area is 241 Å². The Morgan fingerprint density at radius 2 is 1.38 bits per heavy atom. The van der Waals surface area contributed by atoms with Crippen molar-refractivity contribution in [2.45, 2.75) is 25.4 Å². The van der Waals surface area contributed by atoms with E-state index in [2.05, 4.69) is 0 Å². The molecule has 1 atom stereocenters. The van der Waals surface area contributed by atoms with Gasteiger partial charge in [0.1, 0.15) is 5.82 Å². The maximum Gasteiger partial charge on any atom is 0.318 e. The Morgan fingerprint density at radius 1 is 0.762 bits per heavy atom. The summed E-state index contributed by atoms with van der Waals surface area (Å²) >= 11 is 0. The molecule has 0 saturated heterocycles. The number of ketones is 1. The van der Waals surface area contributed by atoms with Crippen molar-refractivity contribution in [3.05, 3.63) is 125 Å². The van der Waals surface area contributed by atoms with Crippen molar-refractivity contribution in [3.8, 4) is 11.5 Å². The number of carbonyl (C=O) groups excluding carboxylic acids is 1. The number of nitrogens with zero attached hydrogens (tertiary/aromatic N) is 1. The minimum absolute atomic E-state index is 0.162. The molecule has 5 rings (SSSR count). The molecule has 8 nitrogen and oxygen atoms in total. The van der Waals surface area contributed by atoms with E-state index < -0.39 is 23.8 Å².